The number of carbonyl (C=O) groups is 1. The minimum absolute atomic E-state index is 0.125. The molecule has 4 heteroatoms. The lowest BCUT2D eigenvalue weighted by Crippen LogP contribution is -2.10. The van der Waals surface area contributed by atoms with Gasteiger partial charge in [0.1, 0.15) is 5.00 Å². The van der Waals surface area contributed by atoms with Gasteiger partial charge < -0.3 is 5.32 Å². The third-order valence-corrected chi connectivity index (χ3v) is 5.82. The molecule has 0 atom stereocenters. The Morgan fingerprint density at radius 1 is 1.22 bits per heavy atom. The molecule has 23 heavy (non-hydrogen) atoms. The molecule has 1 N–H and O–H groups in total. The molecule has 0 unspecified atom stereocenters. The van der Waals surface area contributed by atoms with Gasteiger partial charge in [-0.2, -0.15) is 0 Å². The van der Waals surface area contributed by atoms with Crippen LogP contribution in [0.15, 0.2) is 24.3 Å². The van der Waals surface area contributed by atoms with Crippen LogP contribution in [0.4, 0.5) is 5.00 Å². The lowest BCUT2D eigenvalue weighted by Gasteiger charge is -2.13. The molecule has 122 valence electrons. The van der Waals surface area contributed by atoms with E-state index in [-0.39, 0.29) is 5.78 Å². The number of ketones is 1. The summed E-state index contributed by atoms with van der Waals surface area (Å²) in [5.41, 5.74) is 2.91. The summed E-state index contributed by atoms with van der Waals surface area (Å²) in [5.74, 6) is 0.125. The van der Waals surface area contributed by atoms with Gasteiger partial charge in [0.05, 0.1) is 5.56 Å². The molecule has 1 aliphatic carbocycles. The zero-order chi connectivity index (χ0) is 16.2. The highest BCUT2D eigenvalue weighted by Crippen LogP contribution is 2.39. The molecule has 1 aromatic heterocycles. The average Bonchev–Trinajstić information content (AvgIpc) is 2.93. The number of benzene rings is 1. The summed E-state index contributed by atoms with van der Waals surface area (Å²) in [4.78, 5) is 14.5. The van der Waals surface area contributed by atoms with Gasteiger partial charge in [0, 0.05) is 22.0 Å². The summed E-state index contributed by atoms with van der Waals surface area (Å²) < 4.78 is 0. The second-order valence-electron chi connectivity index (χ2n) is 6.03. The molecule has 0 fully saturated rings. The Morgan fingerprint density at radius 2 is 1.96 bits per heavy atom. The van der Waals surface area contributed by atoms with Crippen LogP contribution in [0, 0.1) is 0 Å². The van der Waals surface area contributed by atoms with Gasteiger partial charge in [-0.3, -0.25) is 4.79 Å². The van der Waals surface area contributed by atoms with E-state index in [1.54, 1.807) is 23.5 Å². The Bertz CT molecular complexity index is 690. The maximum Gasteiger partial charge on any atom is 0.196 e. The maximum absolute atomic E-state index is 13.1. The van der Waals surface area contributed by atoms with E-state index in [9.17, 15) is 4.79 Å². The van der Waals surface area contributed by atoms with E-state index in [0.717, 1.165) is 48.4 Å². The smallest absolute Gasteiger partial charge is 0.196 e. The fourth-order valence-corrected chi connectivity index (χ4v) is 4.49. The van der Waals surface area contributed by atoms with E-state index in [0.29, 0.717) is 5.02 Å². The summed E-state index contributed by atoms with van der Waals surface area (Å²) >= 11 is 7.73. The van der Waals surface area contributed by atoms with Crippen molar-refractivity contribution < 1.29 is 4.79 Å². The molecule has 0 bridgehead atoms. The fourth-order valence-electron chi connectivity index (χ4n) is 3.05. The molecule has 0 saturated carbocycles. The largest absolute Gasteiger partial charge is 0.376 e. The van der Waals surface area contributed by atoms with Crippen molar-refractivity contribution in [1.82, 2.24) is 0 Å². The van der Waals surface area contributed by atoms with E-state index in [4.69, 9.17) is 11.6 Å². The molecule has 0 amide bonds. The van der Waals surface area contributed by atoms with E-state index < -0.39 is 0 Å². The number of hydrogen-bond acceptors (Lipinski definition) is 3. The summed E-state index contributed by atoms with van der Waals surface area (Å²) in [7, 11) is 0. The van der Waals surface area contributed by atoms with Gasteiger partial charge in [-0.15, -0.1) is 11.3 Å². The van der Waals surface area contributed by atoms with Crippen LogP contribution < -0.4 is 5.32 Å². The Hall–Kier alpha value is -1.32. The van der Waals surface area contributed by atoms with Crippen molar-refractivity contribution in [3.05, 3.63) is 50.9 Å². The van der Waals surface area contributed by atoms with E-state index in [1.165, 1.54) is 23.3 Å². The number of halogens is 1. The number of rotatable bonds is 6. The Balaban J connectivity index is 1.96. The average molecular weight is 348 g/mol. The lowest BCUT2D eigenvalue weighted by molar-refractivity contribution is 0.103. The fraction of sp³-hybridized carbons (Fsp3) is 0.421. The van der Waals surface area contributed by atoms with Crippen molar-refractivity contribution in [3.8, 4) is 0 Å². The highest BCUT2D eigenvalue weighted by molar-refractivity contribution is 7.16. The zero-order valence-electron chi connectivity index (χ0n) is 13.5. The topological polar surface area (TPSA) is 29.1 Å². The molecular formula is C19H22ClNOS. The van der Waals surface area contributed by atoms with Crippen LogP contribution in [0.3, 0.4) is 0 Å². The maximum atomic E-state index is 13.1. The molecule has 0 saturated heterocycles. The predicted octanol–water partition coefficient (Wildman–Crippen LogP) is 5.72. The van der Waals surface area contributed by atoms with Crippen LogP contribution in [0.2, 0.25) is 5.02 Å². The van der Waals surface area contributed by atoms with Crippen molar-refractivity contribution >= 4 is 33.7 Å². The first-order chi connectivity index (χ1) is 11.2. The van der Waals surface area contributed by atoms with Crippen LogP contribution >= 0.6 is 22.9 Å². The van der Waals surface area contributed by atoms with Crippen molar-refractivity contribution in [2.24, 2.45) is 0 Å². The molecule has 0 spiro atoms. The molecule has 2 aromatic rings. The second kappa shape index (κ2) is 7.50. The quantitative estimate of drug-likeness (QED) is 0.534. The number of hydrogen-bond donors (Lipinski definition) is 1. The molecule has 0 aliphatic heterocycles. The minimum atomic E-state index is 0.125. The monoisotopic (exact) mass is 347 g/mol. The van der Waals surface area contributed by atoms with Crippen molar-refractivity contribution in [1.29, 1.82) is 0 Å². The number of unbranched alkanes of at least 4 members (excludes halogenated alkanes) is 1. The van der Waals surface area contributed by atoms with E-state index in [1.807, 2.05) is 12.1 Å². The Labute approximate surface area is 146 Å². The number of anilines is 1. The molecule has 0 radical (unpaired) electrons. The first-order valence-electron chi connectivity index (χ1n) is 8.39. The number of carbonyl (C=O) groups excluding carboxylic acids is 1. The van der Waals surface area contributed by atoms with Gasteiger partial charge in [-0.05, 0) is 61.9 Å². The van der Waals surface area contributed by atoms with Crippen LogP contribution in [0.25, 0.3) is 0 Å². The molecule has 2 nitrogen and oxygen atoms in total. The number of thiophene rings is 1. The van der Waals surface area contributed by atoms with Gasteiger partial charge in [-0.1, -0.05) is 24.9 Å². The number of aryl methyl sites for hydroxylation is 1. The highest BCUT2D eigenvalue weighted by atomic mass is 35.5. The Kier molecular flexibility index (Phi) is 5.39. The zero-order valence-corrected chi connectivity index (χ0v) is 15.0. The van der Waals surface area contributed by atoms with E-state index in [2.05, 4.69) is 12.2 Å². The number of nitrogens with one attached hydrogen (secondary N) is 1. The van der Waals surface area contributed by atoms with E-state index >= 15 is 0 Å². The summed E-state index contributed by atoms with van der Waals surface area (Å²) in [5, 5.41) is 5.23. The van der Waals surface area contributed by atoms with Crippen molar-refractivity contribution in [2.45, 2.75) is 45.4 Å². The van der Waals surface area contributed by atoms with Crippen LogP contribution in [0.1, 0.15) is 59.0 Å². The normalized spacial score (nSPS) is 13.7. The van der Waals surface area contributed by atoms with Gasteiger partial charge in [0.2, 0.25) is 0 Å². The van der Waals surface area contributed by atoms with Gasteiger partial charge in [0.25, 0.3) is 0 Å². The SMILES string of the molecule is CCCCNc1sc2c(c1C(=O)c1ccc(Cl)cc1)CCCC2. The first kappa shape index (κ1) is 16.5. The molecule has 3 rings (SSSR count). The second-order valence-corrected chi connectivity index (χ2v) is 7.57. The third-order valence-electron chi connectivity index (χ3n) is 4.32. The number of fused-ring (bicyclic) bond motifs is 1. The predicted molar refractivity (Wildman–Crippen MR) is 99.2 cm³/mol. The first-order valence-corrected chi connectivity index (χ1v) is 9.58. The van der Waals surface area contributed by atoms with Gasteiger partial charge in [0.15, 0.2) is 5.78 Å². The standard InChI is InChI=1S/C19H22ClNOS/c1-2-3-12-21-19-17(15-6-4-5-7-16(15)23-19)18(22)13-8-10-14(20)11-9-13/h8-11,21H,2-7,12H2,1H3. The summed E-state index contributed by atoms with van der Waals surface area (Å²) in [6, 6.07) is 7.23. The summed E-state index contributed by atoms with van der Waals surface area (Å²) in [6.45, 7) is 3.11. The third kappa shape index (κ3) is 3.61. The molecular weight excluding hydrogens is 326 g/mol. The van der Waals surface area contributed by atoms with Crippen LogP contribution in [0.5, 0.6) is 0 Å². The molecule has 1 heterocycles. The van der Waals surface area contributed by atoms with Crippen LogP contribution in [-0.2, 0) is 12.8 Å². The van der Waals surface area contributed by atoms with Crippen LogP contribution in [-0.4, -0.2) is 12.3 Å². The molecule has 1 aliphatic rings. The minimum Gasteiger partial charge on any atom is -0.376 e. The van der Waals surface area contributed by atoms with Gasteiger partial charge >= 0.3 is 0 Å². The van der Waals surface area contributed by atoms with Gasteiger partial charge in [-0.25, -0.2) is 0 Å². The highest BCUT2D eigenvalue weighted by Gasteiger charge is 2.25. The van der Waals surface area contributed by atoms with Crippen molar-refractivity contribution in [2.75, 3.05) is 11.9 Å². The summed E-state index contributed by atoms with van der Waals surface area (Å²) in [6.07, 6.45) is 6.82. The lowest BCUT2D eigenvalue weighted by atomic mass is 9.92. The van der Waals surface area contributed by atoms with Crippen molar-refractivity contribution in [3.63, 3.8) is 0 Å². The molecule has 1 aromatic carbocycles. The Morgan fingerprint density at radius 3 is 2.70 bits per heavy atom.